The van der Waals surface area contributed by atoms with Gasteiger partial charge in [0, 0.05) is 37.5 Å². The summed E-state index contributed by atoms with van der Waals surface area (Å²) < 4.78 is 0. The third-order valence-corrected chi connectivity index (χ3v) is 4.88. The van der Waals surface area contributed by atoms with Crippen LogP contribution in [-0.4, -0.2) is 50.5 Å². The number of aliphatic carboxylic acids is 1. The predicted molar refractivity (Wildman–Crippen MR) is 94.0 cm³/mol. The molecule has 1 aliphatic carbocycles. The standard InChI is InChI=1S/C19H32O6/c1-2-3-6-13(20)9-10-15-16(18(23)12-17(15)22)11-14(21)7-4-5-8-19(24)25/h9-10,13,15-18,20,22-23H,2-8,11-12H2,1H3,(H,24,25)/t13-,15+,16+,17+,18-/m0/s1. The number of aliphatic hydroxyl groups is 3. The summed E-state index contributed by atoms with van der Waals surface area (Å²) in [7, 11) is 0. The Morgan fingerprint density at radius 2 is 1.80 bits per heavy atom. The molecule has 0 aromatic carbocycles. The fraction of sp³-hybridized carbons (Fsp3) is 0.789. The van der Waals surface area contributed by atoms with E-state index in [2.05, 4.69) is 0 Å². The maximum Gasteiger partial charge on any atom is 0.303 e. The molecule has 144 valence electrons. The molecule has 5 atom stereocenters. The number of rotatable bonds is 12. The van der Waals surface area contributed by atoms with E-state index in [4.69, 9.17) is 5.11 Å². The van der Waals surface area contributed by atoms with Crippen LogP contribution >= 0.6 is 0 Å². The molecule has 4 N–H and O–H groups in total. The quantitative estimate of drug-likeness (QED) is 0.314. The molecule has 0 amide bonds. The van der Waals surface area contributed by atoms with Crippen molar-refractivity contribution in [1.82, 2.24) is 0 Å². The lowest BCUT2D eigenvalue weighted by molar-refractivity contribution is -0.137. The van der Waals surface area contributed by atoms with Gasteiger partial charge in [-0.05, 0) is 19.3 Å². The number of carbonyl (C=O) groups excluding carboxylic acids is 1. The Bertz CT molecular complexity index is 447. The highest BCUT2D eigenvalue weighted by Crippen LogP contribution is 2.36. The number of ketones is 1. The van der Waals surface area contributed by atoms with Gasteiger partial charge in [-0.25, -0.2) is 0 Å². The van der Waals surface area contributed by atoms with E-state index in [0.717, 1.165) is 12.8 Å². The van der Waals surface area contributed by atoms with Gasteiger partial charge >= 0.3 is 5.97 Å². The summed E-state index contributed by atoms with van der Waals surface area (Å²) in [5.41, 5.74) is 0. The third kappa shape index (κ3) is 8.12. The lowest BCUT2D eigenvalue weighted by Crippen LogP contribution is -2.24. The molecule has 1 aliphatic rings. The van der Waals surface area contributed by atoms with E-state index in [9.17, 15) is 24.9 Å². The van der Waals surface area contributed by atoms with Crippen molar-refractivity contribution in [1.29, 1.82) is 0 Å². The molecular weight excluding hydrogens is 324 g/mol. The van der Waals surface area contributed by atoms with Gasteiger partial charge in [-0.1, -0.05) is 31.9 Å². The average Bonchev–Trinajstić information content (AvgIpc) is 2.81. The van der Waals surface area contributed by atoms with Crippen molar-refractivity contribution in [3.05, 3.63) is 12.2 Å². The van der Waals surface area contributed by atoms with Crippen molar-refractivity contribution >= 4 is 11.8 Å². The van der Waals surface area contributed by atoms with E-state index >= 15 is 0 Å². The monoisotopic (exact) mass is 356 g/mol. The maximum absolute atomic E-state index is 12.1. The number of carbonyl (C=O) groups is 2. The van der Waals surface area contributed by atoms with Gasteiger partial charge in [0.25, 0.3) is 0 Å². The largest absolute Gasteiger partial charge is 0.481 e. The predicted octanol–water partition coefficient (Wildman–Crippen LogP) is 2.06. The molecule has 0 heterocycles. The van der Waals surface area contributed by atoms with Crippen molar-refractivity contribution in [3.8, 4) is 0 Å². The van der Waals surface area contributed by atoms with Crippen LogP contribution in [0.4, 0.5) is 0 Å². The molecule has 0 radical (unpaired) electrons. The first kappa shape index (κ1) is 21.8. The molecule has 0 saturated heterocycles. The molecule has 1 rings (SSSR count). The second-order valence-electron chi connectivity index (χ2n) is 7.05. The van der Waals surface area contributed by atoms with E-state index in [1.54, 1.807) is 12.2 Å². The molecule has 1 fully saturated rings. The number of Topliss-reactive ketones (excluding diaryl/α,β-unsaturated/α-hetero) is 1. The molecule has 6 nitrogen and oxygen atoms in total. The third-order valence-electron chi connectivity index (χ3n) is 4.88. The van der Waals surface area contributed by atoms with E-state index in [-0.39, 0.29) is 36.9 Å². The minimum absolute atomic E-state index is 0.0199. The van der Waals surface area contributed by atoms with E-state index in [1.165, 1.54) is 0 Å². The summed E-state index contributed by atoms with van der Waals surface area (Å²) >= 11 is 0. The van der Waals surface area contributed by atoms with Gasteiger partial charge in [-0.15, -0.1) is 0 Å². The van der Waals surface area contributed by atoms with Gasteiger partial charge < -0.3 is 20.4 Å². The molecular formula is C19H32O6. The summed E-state index contributed by atoms with van der Waals surface area (Å²) in [5, 5.41) is 38.8. The van der Waals surface area contributed by atoms with E-state index in [1.807, 2.05) is 6.92 Å². The molecule has 0 aliphatic heterocycles. The Morgan fingerprint density at radius 3 is 2.44 bits per heavy atom. The second kappa shape index (κ2) is 11.4. The number of aliphatic hydroxyl groups excluding tert-OH is 3. The van der Waals surface area contributed by atoms with Crippen molar-refractivity contribution in [2.75, 3.05) is 0 Å². The van der Waals surface area contributed by atoms with E-state index in [0.29, 0.717) is 25.7 Å². The normalized spacial score (nSPS) is 27.7. The smallest absolute Gasteiger partial charge is 0.303 e. The average molecular weight is 356 g/mol. The number of unbranched alkanes of at least 4 members (excludes halogenated alkanes) is 2. The van der Waals surface area contributed by atoms with E-state index < -0.39 is 24.3 Å². The SMILES string of the molecule is CCCC[C@H](O)C=C[C@@H]1[C@@H](CC(=O)CCCCC(=O)O)[C@@H](O)C[C@H]1O. The minimum atomic E-state index is -0.867. The highest BCUT2D eigenvalue weighted by molar-refractivity contribution is 5.78. The summed E-state index contributed by atoms with van der Waals surface area (Å²) in [6.07, 6.45) is 5.68. The summed E-state index contributed by atoms with van der Waals surface area (Å²) in [6, 6.07) is 0. The number of carboxylic acid groups (broad SMARTS) is 1. The first-order valence-corrected chi connectivity index (χ1v) is 9.31. The topological polar surface area (TPSA) is 115 Å². The molecule has 0 aromatic rings. The van der Waals surface area contributed by atoms with Gasteiger partial charge in [-0.3, -0.25) is 9.59 Å². The Labute approximate surface area is 149 Å². The van der Waals surface area contributed by atoms with Gasteiger partial charge in [0.1, 0.15) is 5.78 Å². The van der Waals surface area contributed by atoms with Crippen LogP contribution in [0.3, 0.4) is 0 Å². The lowest BCUT2D eigenvalue weighted by atomic mass is 9.87. The van der Waals surface area contributed by atoms with Crippen LogP contribution in [0, 0.1) is 11.8 Å². The summed E-state index contributed by atoms with van der Waals surface area (Å²) in [6.45, 7) is 2.05. The highest BCUT2D eigenvalue weighted by atomic mass is 16.4. The van der Waals surface area contributed by atoms with Crippen LogP contribution in [-0.2, 0) is 9.59 Å². The number of hydrogen-bond acceptors (Lipinski definition) is 5. The van der Waals surface area contributed by atoms with Gasteiger partial charge in [0.05, 0.1) is 18.3 Å². The Hall–Kier alpha value is -1.24. The fourth-order valence-electron chi connectivity index (χ4n) is 3.39. The van der Waals surface area contributed by atoms with Crippen molar-refractivity contribution in [2.24, 2.45) is 11.8 Å². The highest BCUT2D eigenvalue weighted by Gasteiger charge is 2.41. The Balaban J connectivity index is 2.52. The van der Waals surface area contributed by atoms with Crippen molar-refractivity contribution in [3.63, 3.8) is 0 Å². The number of hydrogen-bond donors (Lipinski definition) is 4. The summed E-state index contributed by atoms with van der Waals surface area (Å²) in [4.78, 5) is 22.6. The molecule has 0 aromatic heterocycles. The van der Waals surface area contributed by atoms with Crippen LogP contribution in [0.15, 0.2) is 12.2 Å². The molecule has 1 saturated carbocycles. The fourth-order valence-corrected chi connectivity index (χ4v) is 3.39. The molecule has 6 heteroatoms. The van der Waals surface area contributed by atoms with Gasteiger partial charge in [0.2, 0.25) is 0 Å². The molecule has 25 heavy (non-hydrogen) atoms. The van der Waals surface area contributed by atoms with Crippen LogP contribution in [0.25, 0.3) is 0 Å². The zero-order valence-corrected chi connectivity index (χ0v) is 15.0. The van der Waals surface area contributed by atoms with Crippen molar-refractivity contribution < 1.29 is 30.0 Å². The zero-order valence-electron chi connectivity index (χ0n) is 15.0. The summed E-state index contributed by atoms with van der Waals surface area (Å²) in [5.74, 6) is -1.58. The Kier molecular flexibility index (Phi) is 9.93. The van der Waals surface area contributed by atoms with Crippen LogP contribution in [0.2, 0.25) is 0 Å². The van der Waals surface area contributed by atoms with Crippen LogP contribution in [0.1, 0.15) is 64.7 Å². The van der Waals surface area contributed by atoms with Gasteiger partial charge in [-0.2, -0.15) is 0 Å². The van der Waals surface area contributed by atoms with Gasteiger partial charge in [0.15, 0.2) is 0 Å². The van der Waals surface area contributed by atoms with Crippen LogP contribution < -0.4 is 0 Å². The minimum Gasteiger partial charge on any atom is -0.481 e. The first-order valence-electron chi connectivity index (χ1n) is 9.31. The maximum atomic E-state index is 12.1. The van der Waals surface area contributed by atoms with Crippen molar-refractivity contribution in [2.45, 2.75) is 83.0 Å². The first-order chi connectivity index (χ1) is 11.8. The lowest BCUT2D eigenvalue weighted by Gasteiger charge is -2.20. The molecule has 0 bridgehead atoms. The second-order valence-corrected chi connectivity index (χ2v) is 7.05. The molecule has 0 spiro atoms. The molecule has 0 unspecified atom stereocenters. The zero-order chi connectivity index (χ0) is 18.8. The Morgan fingerprint density at radius 1 is 1.12 bits per heavy atom. The van der Waals surface area contributed by atoms with Crippen LogP contribution in [0.5, 0.6) is 0 Å². The number of carboxylic acids is 1.